The summed E-state index contributed by atoms with van der Waals surface area (Å²) in [5.74, 6) is -0.912. The Morgan fingerprint density at radius 2 is 1.73 bits per heavy atom. The van der Waals surface area contributed by atoms with E-state index in [1.165, 1.54) is 5.56 Å². The molecule has 0 radical (unpaired) electrons. The predicted molar refractivity (Wildman–Crippen MR) is 85.7 cm³/mol. The molecule has 2 aromatic carbocycles. The Morgan fingerprint density at radius 3 is 2.32 bits per heavy atom. The van der Waals surface area contributed by atoms with Crippen LogP contribution in [0.1, 0.15) is 40.4 Å². The summed E-state index contributed by atoms with van der Waals surface area (Å²) in [7, 11) is 0. The Hall–Kier alpha value is -2.17. The fraction of sp³-hybridized carbons (Fsp3) is 0.278. The van der Waals surface area contributed by atoms with Crippen molar-refractivity contribution in [3.63, 3.8) is 0 Å². The Labute approximate surface area is 130 Å². The molecule has 0 aliphatic carbocycles. The van der Waals surface area contributed by atoms with Gasteiger partial charge in [0.05, 0.1) is 5.56 Å². The van der Waals surface area contributed by atoms with Crippen LogP contribution in [-0.2, 0) is 6.54 Å². The average molecular weight is 299 g/mol. The second-order valence-electron chi connectivity index (χ2n) is 5.21. The monoisotopic (exact) mass is 299 g/mol. The molecule has 22 heavy (non-hydrogen) atoms. The Kier molecular flexibility index (Phi) is 6.13. The molecule has 0 fully saturated rings. The molecule has 0 aliphatic heterocycles. The maximum atomic E-state index is 10.8. The van der Waals surface area contributed by atoms with Crippen LogP contribution in [0.4, 0.5) is 0 Å². The van der Waals surface area contributed by atoms with E-state index in [1.54, 1.807) is 12.1 Å². The Bertz CT molecular complexity index is 581. The van der Waals surface area contributed by atoms with Crippen LogP contribution in [0.2, 0.25) is 0 Å². The van der Waals surface area contributed by atoms with E-state index in [0.29, 0.717) is 12.1 Å². The van der Waals surface area contributed by atoms with Crippen LogP contribution < -0.4 is 5.32 Å². The lowest BCUT2D eigenvalue weighted by Gasteiger charge is -2.19. The molecule has 0 saturated carbocycles. The summed E-state index contributed by atoms with van der Waals surface area (Å²) < 4.78 is 0. The number of carbonyl (C=O) groups is 1. The number of rotatable bonds is 8. The lowest BCUT2D eigenvalue weighted by molar-refractivity contribution is 0.0697. The quantitative estimate of drug-likeness (QED) is 0.701. The lowest BCUT2D eigenvalue weighted by Crippen LogP contribution is -2.21. The molecule has 0 heterocycles. The van der Waals surface area contributed by atoms with Crippen molar-refractivity contribution < 1.29 is 15.0 Å². The minimum Gasteiger partial charge on any atom is -0.478 e. The van der Waals surface area contributed by atoms with E-state index in [4.69, 9.17) is 10.2 Å². The van der Waals surface area contributed by atoms with E-state index in [2.05, 4.69) is 17.4 Å². The van der Waals surface area contributed by atoms with Crippen molar-refractivity contribution in [2.75, 3.05) is 6.61 Å². The van der Waals surface area contributed by atoms with Crippen LogP contribution in [0.25, 0.3) is 0 Å². The van der Waals surface area contributed by atoms with Gasteiger partial charge in [-0.05, 0) is 36.1 Å². The first kappa shape index (κ1) is 16.2. The number of hydrogen-bond acceptors (Lipinski definition) is 3. The zero-order valence-corrected chi connectivity index (χ0v) is 12.4. The van der Waals surface area contributed by atoms with Crippen LogP contribution in [0, 0.1) is 0 Å². The van der Waals surface area contributed by atoms with Crippen LogP contribution >= 0.6 is 0 Å². The summed E-state index contributed by atoms with van der Waals surface area (Å²) in [5.41, 5.74) is 2.52. The highest BCUT2D eigenvalue weighted by Crippen LogP contribution is 2.19. The summed E-state index contributed by atoms with van der Waals surface area (Å²) in [6.07, 6.45) is 1.60. The second kappa shape index (κ2) is 8.32. The molecule has 0 amide bonds. The third-order valence-electron chi connectivity index (χ3n) is 3.61. The zero-order valence-electron chi connectivity index (χ0n) is 12.4. The van der Waals surface area contributed by atoms with Crippen LogP contribution in [0.3, 0.4) is 0 Å². The molecule has 116 valence electrons. The van der Waals surface area contributed by atoms with Crippen molar-refractivity contribution in [3.05, 3.63) is 71.3 Å². The topological polar surface area (TPSA) is 69.6 Å². The molecule has 2 rings (SSSR count). The van der Waals surface area contributed by atoms with Crippen molar-refractivity contribution in [3.8, 4) is 0 Å². The standard InChI is InChI=1S/C18H21NO3/c20-12-4-7-17(15-5-2-1-3-6-15)19-13-14-8-10-16(11-9-14)18(21)22/h1-3,5-6,8-11,17,19-20H,4,7,12-13H2,(H,21,22). The van der Waals surface area contributed by atoms with E-state index in [1.807, 2.05) is 30.3 Å². The summed E-state index contributed by atoms with van der Waals surface area (Å²) in [6.45, 7) is 0.837. The molecule has 1 unspecified atom stereocenters. The highest BCUT2D eigenvalue weighted by atomic mass is 16.4. The fourth-order valence-electron chi connectivity index (χ4n) is 2.37. The Balaban J connectivity index is 2.00. The zero-order chi connectivity index (χ0) is 15.8. The number of hydrogen-bond donors (Lipinski definition) is 3. The molecule has 2 aromatic rings. The minimum absolute atomic E-state index is 0.174. The molecular formula is C18H21NO3. The number of nitrogens with one attached hydrogen (secondary N) is 1. The van der Waals surface area contributed by atoms with E-state index in [-0.39, 0.29) is 12.6 Å². The first-order valence-corrected chi connectivity index (χ1v) is 7.42. The number of aromatic carboxylic acids is 1. The van der Waals surface area contributed by atoms with Gasteiger partial charge >= 0.3 is 5.97 Å². The summed E-state index contributed by atoms with van der Waals surface area (Å²) in [4.78, 5) is 10.8. The summed E-state index contributed by atoms with van der Waals surface area (Å²) in [6, 6.07) is 17.2. The summed E-state index contributed by atoms with van der Waals surface area (Å²) >= 11 is 0. The van der Waals surface area contributed by atoms with E-state index < -0.39 is 5.97 Å². The number of carboxylic acids is 1. The maximum absolute atomic E-state index is 10.8. The van der Waals surface area contributed by atoms with Gasteiger partial charge in [0.2, 0.25) is 0 Å². The van der Waals surface area contributed by atoms with Crippen LogP contribution in [-0.4, -0.2) is 22.8 Å². The molecule has 0 aliphatic rings. The van der Waals surface area contributed by atoms with Gasteiger partial charge in [0, 0.05) is 19.2 Å². The van der Waals surface area contributed by atoms with Gasteiger partial charge in [-0.15, -0.1) is 0 Å². The van der Waals surface area contributed by atoms with Crippen molar-refractivity contribution in [1.82, 2.24) is 5.32 Å². The molecule has 1 atom stereocenters. The number of benzene rings is 2. The highest BCUT2D eigenvalue weighted by Gasteiger charge is 2.10. The van der Waals surface area contributed by atoms with Crippen molar-refractivity contribution in [2.24, 2.45) is 0 Å². The maximum Gasteiger partial charge on any atom is 0.335 e. The lowest BCUT2D eigenvalue weighted by atomic mass is 10.0. The average Bonchev–Trinajstić information content (AvgIpc) is 2.56. The molecular weight excluding hydrogens is 278 g/mol. The Morgan fingerprint density at radius 1 is 1.05 bits per heavy atom. The third-order valence-corrected chi connectivity index (χ3v) is 3.61. The number of aliphatic hydroxyl groups is 1. The van der Waals surface area contributed by atoms with Gasteiger partial charge < -0.3 is 15.5 Å². The fourth-order valence-corrected chi connectivity index (χ4v) is 2.37. The van der Waals surface area contributed by atoms with E-state index in [0.717, 1.165) is 18.4 Å². The first-order valence-electron chi connectivity index (χ1n) is 7.42. The normalized spacial score (nSPS) is 12.0. The molecule has 0 spiro atoms. The van der Waals surface area contributed by atoms with Gasteiger partial charge in [0.15, 0.2) is 0 Å². The van der Waals surface area contributed by atoms with Crippen LogP contribution in [0.5, 0.6) is 0 Å². The van der Waals surface area contributed by atoms with Gasteiger partial charge in [0.25, 0.3) is 0 Å². The second-order valence-corrected chi connectivity index (χ2v) is 5.21. The van der Waals surface area contributed by atoms with Gasteiger partial charge in [-0.2, -0.15) is 0 Å². The third kappa shape index (κ3) is 4.69. The van der Waals surface area contributed by atoms with Crippen LogP contribution in [0.15, 0.2) is 54.6 Å². The molecule has 0 saturated heterocycles. The molecule has 0 bridgehead atoms. The largest absolute Gasteiger partial charge is 0.478 e. The molecule has 4 heteroatoms. The van der Waals surface area contributed by atoms with Gasteiger partial charge in [-0.1, -0.05) is 42.5 Å². The highest BCUT2D eigenvalue weighted by molar-refractivity contribution is 5.87. The molecule has 0 aromatic heterocycles. The van der Waals surface area contributed by atoms with Gasteiger partial charge in [0.1, 0.15) is 0 Å². The van der Waals surface area contributed by atoms with Crippen molar-refractivity contribution in [2.45, 2.75) is 25.4 Å². The van der Waals surface area contributed by atoms with E-state index in [9.17, 15) is 4.79 Å². The van der Waals surface area contributed by atoms with Crippen molar-refractivity contribution in [1.29, 1.82) is 0 Å². The molecule has 3 N–H and O–H groups in total. The van der Waals surface area contributed by atoms with Gasteiger partial charge in [-0.3, -0.25) is 0 Å². The first-order chi connectivity index (χ1) is 10.7. The van der Waals surface area contributed by atoms with E-state index >= 15 is 0 Å². The van der Waals surface area contributed by atoms with Crippen molar-refractivity contribution >= 4 is 5.97 Å². The SMILES string of the molecule is O=C(O)c1ccc(CNC(CCCO)c2ccccc2)cc1. The smallest absolute Gasteiger partial charge is 0.335 e. The minimum atomic E-state index is -0.912. The summed E-state index contributed by atoms with van der Waals surface area (Å²) in [5, 5.41) is 21.4. The van der Waals surface area contributed by atoms with Gasteiger partial charge in [-0.25, -0.2) is 4.79 Å². The number of carboxylic acid groups (broad SMARTS) is 1. The number of aliphatic hydroxyl groups excluding tert-OH is 1. The molecule has 4 nitrogen and oxygen atoms in total. The predicted octanol–water partition coefficient (Wildman–Crippen LogP) is 2.99.